The average Bonchev–Trinajstić information content (AvgIpc) is 3.44. The molecule has 3 aromatic heterocycles. The van der Waals surface area contributed by atoms with Crippen LogP contribution in [0.1, 0.15) is 28.2 Å². The Kier molecular flexibility index (Phi) is 5.93. The average molecular weight is 468 g/mol. The Hall–Kier alpha value is -2.42. The van der Waals surface area contributed by atoms with Crippen LogP contribution in [-0.4, -0.2) is 21.2 Å². The maximum atomic E-state index is 13.6. The Bertz CT molecular complexity index is 1280. The van der Waals surface area contributed by atoms with E-state index in [9.17, 15) is 9.59 Å². The van der Waals surface area contributed by atoms with E-state index in [1.54, 1.807) is 27.2 Å². The van der Waals surface area contributed by atoms with Gasteiger partial charge in [0.2, 0.25) is 5.91 Å². The van der Waals surface area contributed by atoms with Crippen LogP contribution in [0.3, 0.4) is 0 Å². The van der Waals surface area contributed by atoms with Crippen molar-refractivity contribution >= 4 is 50.6 Å². The number of rotatable bonds is 6. The van der Waals surface area contributed by atoms with Crippen LogP contribution in [-0.2, 0) is 24.2 Å². The number of benzene rings is 1. The van der Waals surface area contributed by atoms with Crippen LogP contribution < -0.4 is 10.9 Å². The number of carbonyl (C=O) groups excluding carboxylic acids is 1. The van der Waals surface area contributed by atoms with E-state index < -0.39 is 0 Å². The van der Waals surface area contributed by atoms with Gasteiger partial charge in [0.25, 0.3) is 5.56 Å². The van der Waals surface area contributed by atoms with Crippen molar-refractivity contribution in [3.8, 4) is 5.69 Å². The van der Waals surface area contributed by atoms with Crippen LogP contribution in [0, 0.1) is 0 Å². The summed E-state index contributed by atoms with van der Waals surface area (Å²) in [6.07, 6.45) is 4.25. The summed E-state index contributed by atoms with van der Waals surface area (Å²) < 4.78 is 1.67. The largest absolute Gasteiger partial charge is 0.350 e. The molecule has 0 radical (unpaired) electrons. The molecule has 0 aliphatic heterocycles. The van der Waals surface area contributed by atoms with E-state index in [0.29, 0.717) is 11.7 Å². The summed E-state index contributed by atoms with van der Waals surface area (Å²) in [6.45, 7) is 0.520. The van der Waals surface area contributed by atoms with E-state index in [4.69, 9.17) is 4.98 Å². The second kappa shape index (κ2) is 8.98. The fourth-order valence-electron chi connectivity index (χ4n) is 3.87. The molecule has 0 unspecified atom stereocenters. The minimum atomic E-state index is -0.0715. The van der Waals surface area contributed by atoms with Crippen molar-refractivity contribution in [3.05, 3.63) is 73.5 Å². The zero-order valence-corrected chi connectivity index (χ0v) is 19.2. The monoisotopic (exact) mass is 467 g/mol. The number of fused-ring (bicyclic) bond motifs is 3. The van der Waals surface area contributed by atoms with Gasteiger partial charge in [-0.3, -0.25) is 14.2 Å². The number of nitrogens with zero attached hydrogens (tertiary/aromatic N) is 2. The molecule has 1 aliphatic rings. The van der Waals surface area contributed by atoms with Crippen LogP contribution in [0.15, 0.2) is 57.8 Å². The van der Waals surface area contributed by atoms with E-state index in [2.05, 4.69) is 5.32 Å². The molecule has 0 bridgehead atoms. The predicted molar refractivity (Wildman–Crippen MR) is 129 cm³/mol. The second-order valence-electron chi connectivity index (χ2n) is 7.41. The first-order valence-corrected chi connectivity index (χ1v) is 12.9. The minimum absolute atomic E-state index is 0.0305. The molecule has 5 rings (SSSR count). The molecule has 8 heteroatoms. The summed E-state index contributed by atoms with van der Waals surface area (Å²) >= 11 is 4.57. The molecule has 0 atom stereocenters. The normalized spacial score (nSPS) is 13.3. The first-order valence-electron chi connectivity index (χ1n) is 10.3. The molecule has 1 amide bonds. The van der Waals surface area contributed by atoms with Crippen LogP contribution in [0.2, 0.25) is 0 Å². The van der Waals surface area contributed by atoms with E-state index in [-0.39, 0.29) is 17.2 Å². The molecule has 1 aromatic carbocycles. The van der Waals surface area contributed by atoms with E-state index in [0.717, 1.165) is 40.0 Å². The topological polar surface area (TPSA) is 64.0 Å². The van der Waals surface area contributed by atoms with Crippen LogP contribution in [0.4, 0.5) is 0 Å². The highest BCUT2D eigenvalue weighted by Crippen LogP contribution is 2.35. The number of para-hydroxylation sites is 1. The number of thioether (sulfide) groups is 1. The highest BCUT2D eigenvalue weighted by Gasteiger charge is 2.23. The molecule has 0 saturated carbocycles. The van der Waals surface area contributed by atoms with Crippen molar-refractivity contribution in [3.63, 3.8) is 0 Å². The highest BCUT2D eigenvalue weighted by molar-refractivity contribution is 7.99. The standard InChI is InChI=1S/C23H21N3O2S3/c27-19(24-13-16-9-6-12-29-16)14-30-23-25-21-20(17-10-4-5-11-18(17)31-21)22(28)26(23)15-7-2-1-3-8-15/h1-3,6-9,12H,4-5,10-11,13-14H2,(H,24,27). The third-order valence-electron chi connectivity index (χ3n) is 5.34. The minimum Gasteiger partial charge on any atom is -0.350 e. The van der Waals surface area contributed by atoms with Crippen molar-refractivity contribution in [1.82, 2.24) is 14.9 Å². The van der Waals surface area contributed by atoms with Gasteiger partial charge < -0.3 is 5.32 Å². The fourth-order valence-corrected chi connectivity index (χ4v) is 6.66. The molecule has 4 aromatic rings. The third-order valence-corrected chi connectivity index (χ3v) is 8.35. The van der Waals surface area contributed by atoms with Gasteiger partial charge >= 0.3 is 0 Å². The summed E-state index contributed by atoms with van der Waals surface area (Å²) in [5.74, 6) is 0.138. The van der Waals surface area contributed by atoms with E-state index in [1.165, 1.54) is 28.6 Å². The Morgan fingerprint density at radius 2 is 1.97 bits per heavy atom. The quantitative estimate of drug-likeness (QED) is 0.327. The molecule has 158 valence electrons. The Labute approximate surface area is 192 Å². The molecule has 0 fully saturated rings. The third kappa shape index (κ3) is 4.20. The van der Waals surface area contributed by atoms with E-state index >= 15 is 0 Å². The van der Waals surface area contributed by atoms with Crippen molar-refractivity contribution in [1.29, 1.82) is 0 Å². The lowest BCUT2D eigenvalue weighted by atomic mass is 9.97. The number of amides is 1. The van der Waals surface area contributed by atoms with Gasteiger partial charge in [-0.25, -0.2) is 4.98 Å². The number of hydrogen-bond acceptors (Lipinski definition) is 6. The smallest absolute Gasteiger partial charge is 0.267 e. The first-order chi connectivity index (χ1) is 15.2. The SMILES string of the molecule is O=C(CSc1nc2sc3c(c2c(=O)n1-c1ccccc1)CCCC3)NCc1cccs1. The van der Waals surface area contributed by atoms with E-state index in [1.807, 2.05) is 47.8 Å². The summed E-state index contributed by atoms with van der Waals surface area (Å²) in [7, 11) is 0. The number of thiophene rings is 2. The maximum Gasteiger partial charge on any atom is 0.267 e. The number of aryl methyl sites for hydroxylation is 2. The highest BCUT2D eigenvalue weighted by atomic mass is 32.2. The number of aromatic nitrogens is 2. The molecule has 31 heavy (non-hydrogen) atoms. The molecule has 3 heterocycles. The first kappa shape index (κ1) is 20.5. The lowest BCUT2D eigenvalue weighted by Crippen LogP contribution is -2.26. The van der Waals surface area contributed by atoms with Crippen LogP contribution >= 0.6 is 34.4 Å². The summed E-state index contributed by atoms with van der Waals surface area (Å²) in [5, 5.41) is 6.26. The second-order valence-corrected chi connectivity index (χ2v) is 10.5. The summed E-state index contributed by atoms with van der Waals surface area (Å²) in [4.78, 5) is 34.1. The van der Waals surface area contributed by atoms with Crippen molar-refractivity contribution < 1.29 is 4.79 Å². The summed E-state index contributed by atoms with van der Waals surface area (Å²) in [5.41, 5.74) is 1.93. The van der Waals surface area contributed by atoms with Gasteiger partial charge in [0.15, 0.2) is 5.16 Å². The van der Waals surface area contributed by atoms with Gasteiger partial charge in [-0.15, -0.1) is 22.7 Å². The zero-order chi connectivity index (χ0) is 21.2. The van der Waals surface area contributed by atoms with Crippen LogP contribution in [0.5, 0.6) is 0 Å². The summed E-state index contributed by atoms with van der Waals surface area (Å²) in [6, 6.07) is 13.5. The molecular weight excluding hydrogens is 446 g/mol. The predicted octanol–water partition coefficient (Wildman–Crippen LogP) is 4.80. The van der Waals surface area contributed by atoms with Crippen LogP contribution in [0.25, 0.3) is 15.9 Å². The number of nitrogens with one attached hydrogen (secondary N) is 1. The Balaban J connectivity index is 1.49. The molecule has 0 spiro atoms. The maximum absolute atomic E-state index is 13.6. The lowest BCUT2D eigenvalue weighted by Gasteiger charge is -2.13. The fraction of sp³-hybridized carbons (Fsp3) is 0.261. The van der Waals surface area contributed by atoms with Gasteiger partial charge in [-0.1, -0.05) is 36.0 Å². The Morgan fingerprint density at radius 3 is 2.77 bits per heavy atom. The van der Waals surface area contributed by atoms with Gasteiger partial charge in [-0.2, -0.15) is 0 Å². The molecule has 0 saturated heterocycles. The van der Waals surface area contributed by atoms with Gasteiger partial charge in [0, 0.05) is 9.75 Å². The lowest BCUT2D eigenvalue weighted by molar-refractivity contribution is -0.118. The number of carbonyl (C=O) groups is 1. The zero-order valence-electron chi connectivity index (χ0n) is 16.8. The molecule has 1 aliphatic carbocycles. The van der Waals surface area contributed by atoms with Crippen molar-refractivity contribution in [2.75, 3.05) is 5.75 Å². The molecular formula is C23H21N3O2S3. The van der Waals surface area contributed by atoms with Crippen molar-refractivity contribution in [2.24, 2.45) is 0 Å². The molecule has 1 N–H and O–H groups in total. The Morgan fingerprint density at radius 1 is 1.13 bits per heavy atom. The molecule has 5 nitrogen and oxygen atoms in total. The van der Waals surface area contributed by atoms with Gasteiger partial charge in [-0.05, 0) is 54.8 Å². The number of hydrogen-bond donors (Lipinski definition) is 1. The van der Waals surface area contributed by atoms with Gasteiger partial charge in [0.1, 0.15) is 4.83 Å². The van der Waals surface area contributed by atoms with Gasteiger partial charge in [0.05, 0.1) is 23.4 Å². The van der Waals surface area contributed by atoms with Crippen molar-refractivity contribution in [2.45, 2.75) is 37.4 Å².